The predicted octanol–water partition coefficient (Wildman–Crippen LogP) is 0.956. The third-order valence-corrected chi connectivity index (χ3v) is 6.20. The summed E-state index contributed by atoms with van der Waals surface area (Å²) in [7, 11) is 0. The van der Waals surface area contributed by atoms with E-state index in [1.165, 1.54) is 23.6 Å². The summed E-state index contributed by atoms with van der Waals surface area (Å²) >= 11 is 1.28. The zero-order chi connectivity index (χ0) is 19.9. The molecule has 144 valence electrons. The van der Waals surface area contributed by atoms with E-state index in [1.807, 2.05) is 0 Å². The first-order chi connectivity index (χ1) is 12.6. The number of carbonyl (C=O) groups excluding carboxylic acids is 3. The molecule has 27 heavy (non-hydrogen) atoms. The average molecular weight is 392 g/mol. The second-order valence-corrected chi connectivity index (χ2v) is 8.70. The Labute approximate surface area is 160 Å². The van der Waals surface area contributed by atoms with Crippen molar-refractivity contribution < 1.29 is 29.0 Å². The van der Waals surface area contributed by atoms with Gasteiger partial charge in [0.1, 0.15) is 23.2 Å². The van der Waals surface area contributed by atoms with Crippen molar-refractivity contribution in [3.05, 3.63) is 30.3 Å². The summed E-state index contributed by atoms with van der Waals surface area (Å²) in [6.07, 6.45) is 0. The molecule has 2 saturated heterocycles. The maximum atomic E-state index is 12.6. The number of para-hydroxylation sites is 1. The number of fused-ring (bicyclic) bond motifs is 1. The molecular weight excluding hydrogens is 372 g/mol. The summed E-state index contributed by atoms with van der Waals surface area (Å²) < 4.78 is 4.67. The van der Waals surface area contributed by atoms with Crippen molar-refractivity contribution in [2.24, 2.45) is 0 Å². The Hall–Kier alpha value is -2.55. The summed E-state index contributed by atoms with van der Waals surface area (Å²) in [6, 6.07) is 6.64. The van der Waals surface area contributed by atoms with Crippen LogP contribution in [0.3, 0.4) is 0 Å². The Bertz CT molecular complexity index is 796. The van der Waals surface area contributed by atoms with Crippen LogP contribution in [0.4, 0.5) is 0 Å². The number of carboxylic acids is 1. The highest BCUT2D eigenvalue weighted by molar-refractivity contribution is 8.01. The van der Waals surface area contributed by atoms with E-state index in [-0.39, 0.29) is 0 Å². The van der Waals surface area contributed by atoms with Gasteiger partial charge in [0.05, 0.1) is 0 Å². The molecule has 2 aliphatic rings. The lowest BCUT2D eigenvalue weighted by Crippen LogP contribution is -2.72. The number of imide groups is 1. The predicted molar refractivity (Wildman–Crippen MR) is 97.0 cm³/mol. The number of benzene rings is 1. The Morgan fingerprint density at radius 2 is 1.89 bits per heavy atom. The maximum Gasteiger partial charge on any atom is 0.327 e. The Morgan fingerprint density at radius 3 is 2.44 bits per heavy atom. The van der Waals surface area contributed by atoms with Gasteiger partial charge in [-0.15, -0.1) is 11.8 Å². The van der Waals surface area contributed by atoms with Crippen molar-refractivity contribution in [1.29, 1.82) is 0 Å². The number of hydrogen-bond acceptors (Lipinski definition) is 6. The summed E-state index contributed by atoms with van der Waals surface area (Å²) in [5, 5.41) is 8.90. The van der Waals surface area contributed by atoms with Gasteiger partial charge in [-0.05, 0) is 26.0 Å². The Morgan fingerprint density at radius 1 is 1.26 bits per heavy atom. The fourth-order valence-electron chi connectivity index (χ4n) is 3.49. The van der Waals surface area contributed by atoms with Gasteiger partial charge in [-0.2, -0.15) is 0 Å². The van der Waals surface area contributed by atoms with Crippen LogP contribution in [0.5, 0.6) is 5.75 Å². The van der Waals surface area contributed by atoms with Gasteiger partial charge < -0.3 is 14.7 Å². The second-order valence-electron chi connectivity index (χ2n) is 6.93. The summed E-state index contributed by atoms with van der Waals surface area (Å²) in [5.74, 6) is -2.38. The number of ether oxygens (including phenoxy) is 1. The molecule has 2 fully saturated rings. The van der Waals surface area contributed by atoms with E-state index >= 15 is 0 Å². The zero-order valence-corrected chi connectivity index (χ0v) is 15.9. The van der Waals surface area contributed by atoms with Crippen LogP contribution in [0.1, 0.15) is 20.8 Å². The number of nitrogens with zero attached hydrogens (tertiary/aromatic N) is 2. The van der Waals surface area contributed by atoms with Gasteiger partial charge in [0.2, 0.25) is 5.91 Å². The molecule has 0 radical (unpaired) electrons. The van der Waals surface area contributed by atoms with E-state index in [9.17, 15) is 24.3 Å². The molecule has 0 spiro atoms. The fourth-order valence-corrected chi connectivity index (χ4v) is 5.16. The average Bonchev–Trinajstić information content (AvgIpc) is 2.86. The molecule has 3 amide bonds. The van der Waals surface area contributed by atoms with Crippen molar-refractivity contribution in [1.82, 2.24) is 9.80 Å². The summed E-state index contributed by atoms with van der Waals surface area (Å²) in [6.45, 7) is 4.28. The van der Waals surface area contributed by atoms with Crippen molar-refractivity contribution in [3.8, 4) is 5.75 Å². The number of carboxylic acid groups (broad SMARTS) is 1. The number of β-lactam (4-membered cyclic amide) rings is 1. The van der Waals surface area contributed by atoms with E-state index < -0.39 is 52.5 Å². The molecule has 0 aromatic heterocycles. The molecule has 0 saturated carbocycles. The molecule has 3 rings (SSSR count). The largest absolute Gasteiger partial charge is 0.484 e. The fraction of sp³-hybridized carbons (Fsp3) is 0.444. The minimum atomic E-state index is -1.10. The molecular formula is C18H20N2O6S. The Kier molecular flexibility index (Phi) is 4.90. The van der Waals surface area contributed by atoms with Crippen molar-refractivity contribution >= 4 is 35.5 Å². The van der Waals surface area contributed by atoms with Gasteiger partial charge in [0.25, 0.3) is 11.8 Å². The summed E-state index contributed by atoms with van der Waals surface area (Å²) in [4.78, 5) is 51.0. The first kappa shape index (κ1) is 19.2. The van der Waals surface area contributed by atoms with Crippen LogP contribution in [0.15, 0.2) is 30.3 Å². The monoisotopic (exact) mass is 392 g/mol. The highest BCUT2D eigenvalue weighted by Crippen LogP contribution is 2.52. The highest BCUT2D eigenvalue weighted by Gasteiger charge is 2.66. The number of aliphatic carboxylic acids is 1. The van der Waals surface area contributed by atoms with Crippen molar-refractivity contribution in [2.75, 3.05) is 6.61 Å². The second kappa shape index (κ2) is 6.88. The third kappa shape index (κ3) is 3.27. The lowest BCUT2D eigenvalue weighted by Gasteiger charge is -2.47. The number of rotatable bonds is 5. The molecule has 0 bridgehead atoms. The first-order valence-corrected chi connectivity index (χ1v) is 9.26. The molecule has 2 aliphatic heterocycles. The van der Waals surface area contributed by atoms with Crippen LogP contribution in [0.2, 0.25) is 0 Å². The van der Waals surface area contributed by atoms with Crippen LogP contribution in [-0.2, 0) is 19.2 Å². The number of carbonyl (C=O) groups is 4. The Balaban J connectivity index is 1.76. The van der Waals surface area contributed by atoms with Crippen LogP contribution in [0.25, 0.3) is 0 Å². The SMILES string of the molecule is CC(=O)N(C(=O)COc1ccccc1)[C@@H]1C(=O)N2[C@@H]1SC(C)(C)[C@@H]2C(=O)O. The summed E-state index contributed by atoms with van der Waals surface area (Å²) in [5.41, 5.74) is 0. The van der Waals surface area contributed by atoms with Crippen LogP contribution in [-0.4, -0.2) is 67.4 Å². The van der Waals surface area contributed by atoms with E-state index in [1.54, 1.807) is 44.2 Å². The highest BCUT2D eigenvalue weighted by atomic mass is 32.2. The van der Waals surface area contributed by atoms with E-state index in [2.05, 4.69) is 0 Å². The standard InChI is InChI=1S/C18H20N2O6S/c1-10(21)19(12(22)9-26-11-7-5-4-6-8-11)13-15(23)20-14(17(24)25)18(2,3)27-16(13)20/h4-8,13-14,16H,9H2,1-3H3,(H,24,25)/t13-,14+,16-/m1/s1. The van der Waals surface area contributed by atoms with Crippen LogP contribution < -0.4 is 4.74 Å². The van der Waals surface area contributed by atoms with Crippen LogP contribution in [0, 0.1) is 0 Å². The first-order valence-electron chi connectivity index (χ1n) is 8.38. The van der Waals surface area contributed by atoms with Crippen molar-refractivity contribution in [3.63, 3.8) is 0 Å². The lowest BCUT2D eigenvalue weighted by atomic mass is 9.95. The van der Waals surface area contributed by atoms with E-state index in [4.69, 9.17) is 4.74 Å². The number of amides is 3. The number of hydrogen-bond donors (Lipinski definition) is 1. The topological polar surface area (TPSA) is 104 Å². The molecule has 3 atom stereocenters. The van der Waals surface area contributed by atoms with Gasteiger partial charge >= 0.3 is 5.97 Å². The molecule has 9 heteroatoms. The molecule has 1 N–H and O–H groups in total. The van der Waals surface area contributed by atoms with Gasteiger partial charge in [0, 0.05) is 11.7 Å². The molecule has 1 aromatic rings. The minimum Gasteiger partial charge on any atom is -0.484 e. The molecule has 0 unspecified atom stereocenters. The molecule has 1 aromatic carbocycles. The smallest absolute Gasteiger partial charge is 0.327 e. The zero-order valence-electron chi connectivity index (χ0n) is 15.1. The normalized spacial score (nSPS) is 25.4. The molecule has 8 nitrogen and oxygen atoms in total. The molecule has 0 aliphatic carbocycles. The third-order valence-electron chi connectivity index (χ3n) is 4.64. The van der Waals surface area contributed by atoms with Gasteiger partial charge in [-0.3, -0.25) is 19.3 Å². The quantitative estimate of drug-likeness (QED) is 0.744. The minimum absolute atomic E-state index is 0.392. The van der Waals surface area contributed by atoms with Crippen molar-refractivity contribution in [2.45, 2.75) is 43.0 Å². The molecule has 2 heterocycles. The number of thioether (sulfide) groups is 1. The van der Waals surface area contributed by atoms with Gasteiger partial charge in [-0.25, -0.2) is 4.79 Å². The van der Waals surface area contributed by atoms with E-state index in [0.29, 0.717) is 5.75 Å². The van der Waals surface area contributed by atoms with Gasteiger partial charge in [-0.1, -0.05) is 18.2 Å². The maximum absolute atomic E-state index is 12.6. The van der Waals surface area contributed by atoms with E-state index in [0.717, 1.165) is 4.90 Å². The lowest BCUT2D eigenvalue weighted by molar-refractivity contribution is -0.172. The van der Waals surface area contributed by atoms with Gasteiger partial charge in [0.15, 0.2) is 6.61 Å². The van der Waals surface area contributed by atoms with Crippen LogP contribution >= 0.6 is 11.8 Å².